The molecule has 0 aliphatic carbocycles. The summed E-state index contributed by atoms with van der Waals surface area (Å²) in [5, 5.41) is 0.746. The van der Waals surface area contributed by atoms with E-state index >= 15 is 0 Å². The Kier molecular flexibility index (Phi) is 6.97. The van der Waals surface area contributed by atoms with Gasteiger partial charge in [0, 0.05) is 55.0 Å². The smallest absolute Gasteiger partial charge is 0.253 e. The van der Waals surface area contributed by atoms with Crippen LogP contribution in [0.25, 0.3) is 0 Å². The van der Waals surface area contributed by atoms with Crippen LogP contribution in [0.2, 0.25) is 5.02 Å². The zero-order chi connectivity index (χ0) is 20.1. The summed E-state index contributed by atoms with van der Waals surface area (Å²) in [6, 6.07) is 16.5. The Hall–Kier alpha value is -2.04. The highest BCUT2D eigenvalue weighted by molar-refractivity contribution is 6.30. The zero-order valence-electron chi connectivity index (χ0n) is 17.1. The van der Waals surface area contributed by atoms with Gasteiger partial charge >= 0.3 is 0 Å². The van der Waals surface area contributed by atoms with Gasteiger partial charge in [0.1, 0.15) is 0 Å². The minimum absolute atomic E-state index is 0.119. The van der Waals surface area contributed by atoms with Crippen LogP contribution in [0.1, 0.15) is 36.7 Å². The Morgan fingerprint density at radius 3 is 2.32 bits per heavy atom. The van der Waals surface area contributed by atoms with Crippen LogP contribution < -0.4 is 4.90 Å². The lowest BCUT2D eigenvalue weighted by Gasteiger charge is -2.36. The highest BCUT2D eigenvalue weighted by atomic mass is 35.5. The predicted molar refractivity (Wildman–Crippen MR) is 117 cm³/mol. The Morgan fingerprint density at radius 2 is 1.75 bits per heavy atom. The van der Waals surface area contributed by atoms with Gasteiger partial charge in [0.15, 0.2) is 0 Å². The van der Waals surface area contributed by atoms with Crippen molar-refractivity contribution in [3.8, 4) is 0 Å². The Balaban J connectivity index is 1.57. The SMILES string of the molecule is CCN(Cc1ccc(C(=O)N2CCN(c3cccc(Cl)c3)CC2)cc1)C(C)C. The van der Waals surface area contributed by atoms with E-state index in [-0.39, 0.29) is 5.91 Å². The number of benzene rings is 2. The molecule has 0 atom stereocenters. The molecule has 0 saturated carbocycles. The second-order valence-corrected chi connectivity index (χ2v) is 8.05. The molecule has 0 spiro atoms. The second kappa shape index (κ2) is 9.44. The monoisotopic (exact) mass is 399 g/mol. The van der Waals surface area contributed by atoms with E-state index in [2.05, 4.69) is 48.8 Å². The summed E-state index contributed by atoms with van der Waals surface area (Å²) in [4.78, 5) is 19.5. The standard InChI is InChI=1S/C23H30ClN3O/c1-4-25(18(2)3)17-19-8-10-20(11-9-19)23(28)27-14-12-26(13-15-27)22-7-5-6-21(24)16-22/h5-11,16,18H,4,12-15,17H2,1-3H3. The molecule has 1 heterocycles. The molecule has 2 aromatic carbocycles. The van der Waals surface area contributed by atoms with Crippen LogP contribution >= 0.6 is 11.6 Å². The van der Waals surface area contributed by atoms with Crippen LogP contribution in [-0.4, -0.2) is 54.5 Å². The minimum atomic E-state index is 0.119. The molecule has 5 heteroatoms. The minimum Gasteiger partial charge on any atom is -0.368 e. The molecule has 2 aromatic rings. The molecule has 4 nitrogen and oxygen atoms in total. The lowest BCUT2D eigenvalue weighted by atomic mass is 10.1. The lowest BCUT2D eigenvalue weighted by molar-refractivity contribution is 0.0746. The number of anilines is 1. The molecule has 1 aliphatic heterocycles. The van der Waals surface area contributed by atoms with Gasteiger partial charge in [-0.3, -0.25) is 9.69 Å². The summed E-state index contributed by atoms with van der Waals surface area (Å²) < 4.78 is 0. The fourth-order valence-corrected chi connectivity index (χ4v) is 3.85. The van der Waals surface area contributed by atoms with E-state index < -0.39 is 0 Å². The van der Waals surface area contributed by atoms with E-state index in [0.717, 1.165) is 55.5 Å². The molecule has 1 aliphatic rings. The average Bonchev–Trinajstić information content (AvgIpc) is 2.72. The quantitative estimate of drug-likeness (QED) is 0.713. The first kappa shape index (κ1) is 20.7. The molecule has 1 saturated heterocycles. The maximum atomic E-state index is 12.9. The summed E-state index contributed by atoms with van der Waals surface area (Å²) >= 11 is 6.10. The molecule has 3 rings (SSSR count). The largest absolute Gasteiger partial charge is 0.368 e. The van der Waals surface area contributed by atoms with Gasteiger partial charge in [0.2, 0.25) is 0 Å². The van der Waals surface area contributed by atoms with Crippen molar-refractivity contribution in [3.05, 3.63) is 64.7 Å². The van der Waals surface area contributed by atoms with Crippen molar-refractivity contribution in [2.45, 2.75) is 33.4 Å². The summed E-state index contributed by atoms with van der Waals surface area (Å²) in [6.07, 6.45) is 0. The third-order valence-corrected chi connectivity index (χ3v) is 5.70. The Bertz CT molecular complexity index is 783. The Labute approximate surface area is 173 Å². The highest BCUT2D eigenvalue weighted by Crippen LogP contribution is 2.21. The van der Waals surface area contributed by atoms with Gasteiger partial charge in [-0.1, -0.05) is 36.7 Å². The lowest BCUT2D eigenvalue weighted by Crippen LogP contribution is -2.48. The summed E-state index contributed by atoms with van der Waals surface area (Å²) in [5.41, 5.74) is 3.14. The first-order valence-corrected chi connectivity index (χ1v) is 10.5. The van der Waals surface area contributed by atoms with Crippen molar-refractivity contribution in [1.29, 1.82) is 0 Å². The van der Waals surface area contributed by atoms with Crippen molar-refractivity contribution in [1.82, 2.24) is 9.80 Å². The van der Waals surface area contributed by atoms with Crippen molar-refractivity contribution in [2.75, 3.05) is 37.6 Å². The van der Waals surface area contributed by atoms with E-state index in [1.165, 1.54) is 5.56 Å². The molecule has 1 fully saturated rings. The van der Waals surface area contributed by atoms with Gasteiger partial charge in [0.25, 0.3) is 5.91 Å². The van der Waals surface area contributed by atoms with Crippen LogP contribution in [-0.2, 0) is 6.54 Å². The van der Waals surface area contributed by atoms with Crippen LogP contribution in [0.15, 0.2) is 48.5 Å². The number of nitrogens with zero attached hydrogens (tertiary/aromatic N) is 3. The first-order valence-electron chi connectivity index (χ1n) is 10.1. The molecular weight excluding hydrogens is 370 g/mol. The van der Waals surface area contributed by atoms with Crippen molar-refractivity contribution in [2.24, 2.45) is 0 Å². The van der Waals surface area contributed by atoms with E-state index in [4.69, 9.17) is 11.6 Å². The second-order valence-electron chi connectivity index (χ2n) is 7.61. The van der Waals surface area contributed by atoms with E-state index in [1.54, 1.807) is 0 Å². The van der Waals surface area contributed by atoms with E-state index in [1.807, 2.05) is 35.2 Å². The zero-order valence-corrected chi connectivity index (χ0v) is 17.8. The highest BCUT2D eigenvalue weighted by Gasteiger charge is 2.22. The predicted octanol–water partition coefficient (Wildman–Crippen LogP) is 4.53. The van der Waals surface area contributed by atoms with Crippen molar-refractivity contribution < 1.29 is 4.79 Å². The Morgan fingerprint density at radius 1 is 1.07 bits per heavy atom. The van der Waals surface area contributed by atoms with Gasteiger partial charge in [-0.2, -0.15) is 0 Å². The normalized spacial score (nSPS) is 14.8. The number of carbonyl (C=O) groups excluding carboxylic acids is 1. The van der Waals surface area contributed by atoms with Crippen LogP contribution in [0, 0.1) is 0 Å². The molecule has 0 aromatic heterocycles. The topological polar surface area (TPSA) is 26.8 Å². The molecule has 150 valence electrons. The van der Waals surface area contributed by atoms with Gasteiger partial charge < -0.3 is 9.80 Å². The molecule has 0 bridgehead atoms. The molecule has 0 N–H and O–H groups in total. The van der Waals surface area contributed by atoms with Crippen LogP contribution in [0.5, 0.6) is 0 Å². The van der Waals surface area contributed by atoms with Crippen molar-refractivity contribution in [3.63, 3.8) is 0 Å². The number of carbonyl (C=O) groups is 1. The van der Waals surface area contributed by atoms with Gasteiger partial charge in [-0.05, 0) is 56.3 Å². The number of hydrogen-bond acceptors (Lipinski definition) is 3. The number of hydrogen-bond donors (Lipinski definition) is 0. The number of amides is 1. The summed E-state index contributed by atoms with van der Waals surface area (Å²) in [7, 11) is 0. The van der Waals surface area contributed by atoms with Crippen LogP contribution in [0.3, 0.4) is 0 Å². The third-order valence-electron chi connectivity index (χ3n) is 5.46. The molecule has 1 amide bonds. The fourth-order valence-electron chi connectivity index (χ4n) is 3.67. The summed E-state index contributed by atoms with van der Waals surface area (Å²) in [6.45, 7) is 11.6. The van der Waals surface area contributed by atoms with E-state index in [0.29, 0.717) is 6.04 Å². The molecule has 0 radical (unpaired) electrons. The average molecular weight is 400 g/mol. The van der Waals surface area contributed by atoms with Crippen molar-refractivity contribution >= 4 is 23.2 Å². The fraction of sp³-hybridized carbons (Fsp3) is 0.435. The third kappa shape index (κ3) is 5.06. The molecular formula is C23H30ClN3O. The van der Waals surface area contributed by atoms with Gasteiger partial charge in [-0.15, -0.1) is 0 Å². The van der Waals surface area contributed by atoms with E-state index in [9.17, 15) is 4.79 Å². The summed E-state index contributed by atoms with van der Waals surface area (Å²) in [5.74, 6) is 0.119. The number of piperazine rings is 1. The maximum absolute atomic E-state index is 12.9. The number of halogens is 1. The number of rotatable bonds is 6. The maximum Gasteiger partial charge on any atom is 0.253 e. The molecule has 0 unspecified atom stereocenters. The first-order chi connectivity index (χ1) is 13.5. The molecule has 28 heavy (non-hydrogen) atoms. The van der Waals surface area contributed by atoms with Gasteiger partial charge in [-0.25, -0.2) is 0 Å². The van der Waals surface area contributed by atoms with Gasteiger partial charge in [0.05, 0.1) is 0 Å². The van der Waals surface area contributed by atoms with Crippen LogP contribution in [0.4, 0.5) is 5.69 Å².